The second kappa shape index (κ2) is 4.26. The molecule has 1 aliphatic carbocycles. The van der Waals surface area contributed by atoms with Gasteiger partial charge in [0.1, 0.15) is 13.7 Å². The minimum atomic E-state index is -2.32. The van der Waals surface area contributed by atoms with Crippen molar-refractivity contribution < 1.29 is 9.91 Å². The van der Waals surface area contributed by atoms with Crippen LogP contribution in [0.2, 0.25) is 37.8 Å². The van der Waals surface area contributed by atoms with Crippen molar-refractivity contribution in [3.05, 3.63) is 0 Å². The molecule has 0 amide bonds. The van der Waals surface area contributed by atoms with E-state index in [1.165, 1.54) is 0 Å². The standard InChI is InChI=1S/C14H28OSi2/c1-13(2,3)17(7,8)15-14(9-10-14)11-12-16(4,5)6/h9-10H2,1-8H3/i9D2,10D2. The monoisotopic (exact) mass is 272 g/mol. The Hall–Kier alpha value is -0.0462. The molecule has 0 heterocycles. The van der Waals surface area contributed by atoms with Gasteiger partial charge in [-0.25, -0.2) is 0 Å². The Morgan fingerprint density at radius 1 is 1.12 bits per heavy atom. The van der Waals surface area contributed by atoms with Gasteiger partial charge in [-0.1, -0.05) is 46.3 Å². The average molecular weight is 273 g/mol. The molecule has 1 aliphatic rings. The van der Waals surface area contributed by atoms with E-state index in [0.717, 1.165) is 0 Å². The van der Waals surface area contributed by atoms with Crippen molar-refractivity contribution in [3.8, 4) is 11.5 Å². The van der Waals surface area contributed by atoms with Gasteiger partial charge in [0.2, 0.25) is 0 Å². The van der Waals surface area contributed by atoms with Crippen molar-refractivity contribution >= 4 is 16.4 Å². The molecule has 0 saturated heterocycles. The van der Waals surface area contributed by atoms with Crippen LogP contribution < -0.4 is 0 Å². The van der Waals surface area contributed by atoms with Gasteiger partial charge < -0.3 is 4.43 Å². The van der Waals surface area contributed by atoms with Crippen molar-refractivity contribution in [2.24, 2.45) is 0 Å². The Labute approximate surface area is 115 Å². The summed E-state index contributed by atoms with van der Waals surface area (Å²) in [4.78, 5) is 0. The molecule has 0 aromatic carbocycles. The highest BCUT2D eigenvalue weighted by atomic mass is 28.4. The molecule has 1 nitrogen and oxygen atoms in total. The Morgan fingerprint density at radius 3 is 1.88 bits per heavy atom. The highest BCUT2D eigenvalue weighted by molar-refractivity contribution is 6.83. The normalized spacial score (nSPS) is 28.9. The Bertz CT molecular complexity index is 476. The lowest BCUT2D eigenvalue weighted by molar-refractivity contribution is 0.215. The van der Waals surface area contributed by atoms with E-state index < -0.39 is 34.7 Å². The van der Waals surface area contributed by atoms with E-state index in [1.54, 1.807) is 0 Å². The van der Waals surface area contributed by atoms with E-state index in [4.69, 9.17) is 9.91 Å². The fourth-order valence-corrected chi connectivity index (χ4v) is 2.78. The molecule has 0 radical (unpaired) electrons. The maximum Gasteiger partial charge on any atom is 0.194 e. The first-order valence-corrected chi connectivity index (χ1v) is 12.6. The predicted molar refractivity (Wildman–Crippen MR) is 81.4 cm³/mol. The first-order chi connectivity index (χ1) is 8.91. The lowest BCUT2D eigenvalue weighted by Crippen LogP contribution is -2.44. The highest BCUT2D eigenvalue weighted by Crippen LogP contribution is 2.47. The quantitative estimate of drug-likeness (QED) is 0.534. The first kappa shape index (κ1) is 9.83. The fourth-order valence-electron chi connectivity index (χ4n) is 1.01. The molecule has 0 aromatic heterocycles. The number of hydrogen-bond acceptors (Lipinski definition) is 1. The molecule has 0 aliphatic heterocycles. The number of rotatable bonds is 2. The van der Waals surface area contributed by atoms with Crippen LogP contribution in [0.5, 0.6) is 0 Å². The molecule has 0 bridgehead atoms. The Balaban J connectivity index is 3.30. The van der Waals surface area contributed by atoms with Crippen molar-refractivity contribution in [3.63, 3.8) is 0 Å². The van der Waals surface area contributed by atoms with Crippen LogP contribution in [-0.2, 0) is 4.43 Å². The minimum Gasteiger partial charge on any atom is -0.401 e. The number of hydrogen-bond donors (Lipinski definition) is 0. The van der Waals surface area contributed by atoms with Crippen molar-refractivity contribution in [2.45, 2.75) is 76.9 Å². The molecule has 1 fully saturated rings. The van der Waals surface area contributed by atoms with Crippen LogP contribution in [0.4, 0.5) is 0 Å². The van der Waals surface area contributed by atoms with E-state index in [1.807, 2.05) is 13.1 Å². The van der Waals surface area contributed by atoms with E-state index >= 15 is 0 Å². The first-order valence-electron chi connectivity index (χ1n) is 8.16. The van der Waals surface area contributed by atoms with Gasteiger partial charge >= 0.3 is 0 Å². The molecular weight excluding hydrogens is 240 g/mol. The predicted octanol–water partition coefficient (Wildman–Crippen LogP) is 4.42. The van der Waals surface area contributed by atoms with Gasteiger partial charge in [0, 0.05) is 5.48 Å². The van der Waals surface area contributed by atoms with Gasteiger partial charge in [-0.3, -0.25) is 0 Å². The molecule has 1 saturated carbocycles. The molecule has 0 atom stereocenters. The summed E-state index contributed by atoms with van der Waals surface area (Å²) in [7, 11) is -4.05. The summed E-state index contributed by atoms with van der Waals surface area (Å²) < 4.78 is 38.4. The van der Waals surface area contributed by atoms with Crippen molar-refractivity contribution in [1.29, 1.82) is 0 Å². The fraction of sp³-hybridized carbons (Fsp3) is 0.857. The third-order valence-corrected chi connectivity index (χ3v) is 8.48. The molecular formula is C14H28OSi2. The highest BCUT2D eigenvalue weighted by Gasteiger charge is 2.50. The zero-order chi connectivity index (χ0) is 17.1. The Kier molecular flexibility index (Phi) is 2.46. The van der Waals surface area contributed by atoms with Crippen molar-refractivity contribution in [1.82, 2.24) is 0 Å². The third kappa shape index (κ3) is 4.28. The van der Waals surface area contributed by atoms with Crippen molar-refractivity contribution in [2.75, 3.05) is 0 Å². The van der Waals surface area contributed by atoms with E-state index in [0.29, 0.717) is 0 Å². The summed E-state index contributed by atoms with van der Waals surface area (Å²) in [6, 6.07) is 0. The maximum atomic E-state index is 8.05. The summed E-state index contributed by atoms with van der Waals surface area (Å²) in [5.41, 5.74) is 1.51. The van der Waals surface area contributed by atoms with Gasteiger partial charge in [-0.2, -0.15) is 0 Å². The average Bonchev–Trinajstić information content (AvgIpc) is 2.51. The van der Waals surface area contributed by atoms with Crippen LogP contribution in [0.3, 0.4) is 0 Å². The van der Waals surface area contributed by atoms with Gasteiger partial charge in [-0.05, 0) is 30.9 Å². The Morgan fingerprint density at radius 2 is 1.59 bits per heavy atom. The summed E-state index contributed by atoms with van der Waals surface area (Å²) in [6.07, 6.45) is -4.11. The van der Waals surface area contributed by atoms with Crippen LogP contribution >= 0.6 is 0 Å². The topological polar surface area (TPSA) is 9.23 Å². The molecule has 1 rings (SSSR count). The van der Waals surface area contributed by atoms with Crippen LogP contribution in [0, 0.1) is 11.5 Å². The summed E-state index contributed by atoms with van der Waals surface area (Å²) in [5.74, 6) is 2.89. The smallest absolute Gasteiger partial charge is 0.194 e. The second-order valence-electron chi connectivity index (χ2n) is 7.29. The van der Waals surface area contributed by atoms with Gasteiger partial charge in [0.25, 0.3) is 0 Å². The van der Waals surface area contributed by atoms with Crippen LogP contribution in [0.25, 0.3) is 0 Å². The molecule has 3 heteroatoms. The van der Waals surface area contributed by atoms with Gasteiger partial charge in [0.15, 0.2) is 8.32 Å². The molecule has 0 N–H and O–H groups in total. The van der Waals surface area contributed by atoms with E-state index in [-0.39, 0.29) is 5.04 Å². The summed E-state index contributed by atoms with van der Waals surface area (Å²) >= 11 is 0. The second-order valence-corrected chi connectivity index (χ2v) is 16.8. The van der Waals surface area contributed by atoms with Gasteiger partial charge in [-0.15, -0.1) is 5.54 Å². The third-order valence-electron chi connectivity index (χ3n) is 3.18. The lowest BCUT2D eigenvalue weighted by Gasteiger charge is -2.38. The van der Waals surface area contributed by atoms with Crippen LogP contribution in [0.1, 0.15) is 39.0 Å². The zero-order valence-corrected chi connectivity index (χ0v) is 14.4. The molecule has 0 unspecified atom stereocenters. The molecule has 0 aromatic rings. The zero-order valence-electron chi connectivity index (χ0n) is 16.4. The largest absolute Gasteiger partial charge is 0.401 e. The van der Waals surface area contributed by atoms with Crippen LogP contribution in [-0.4, -0.2) is 22.0 Å². The van der Waals surface area contributed by atoms with E-state index in [9.17, 15) is 0 Å². The molecule has 17 heavy (non-hydrogen) atoms. The van der Waals surface area contributed by atoms with Crippen LogP contribution in [0.15, 0.2) is 0 Å². The van der Waals surface area contributed by atoms with E-state index in [2.05, 4.69) is 51.9 Å². The van der Waals surface area contributed by atoms with Gasteiger partial charge in [0.05, 0.1) is 0 Å². The summed E-state index contributed by atoms with van der Waals surface area (Å²) in [5, 5.41) is -0.115. The summed E-state index contributed by atoms with van der Waals surface area (Å²) in [6.45, 7) is 16.4. The minimum absolute atomic E-state index is 0.115. The SMILES string of the molecule is [2H]C1([2H])C([2H])([2H])C1(C#C[Si](C)(C)C)O[Si](C)(C)C(C)(C)C. The molecule has 0 spiro atoms. The maximum absolute atomic E-state index is 8.05. The lowest BCUT2D eigenvalue weighted by atomic mass is 10.2. The molecule has 98 valence electrons.